The molecular weight excluding hydrogens is 254 g/mol. The molecule has 0 unspecified atom stereocenters. The van der Waals surface area contributed by atoms with Crippen LogP contribution < -0.4 is 5.73 Å². The Morgan fingerprint density at radius 3 is 2.45 bits per heavy atom. The fraction of sp³-hybridized carbons (Fsp3) is 0.643. The van der Waals surface area contributed by atoms with Gasteiger partial charge in [-0.15, -0.1) is 0 Å². The van der Waals surface area contributed by atoms with Gasteiger partial charge >= 0.3 is 0 Å². The number of nitrogens with two attached hydrogens (primary N) is 1. The number of hydrogen-bond donors (Lipinski definition) is 1. The summed E-state index contributed by atoms with van der Waals surface area (Å²) in [5.41, 5.74) is 6.80. The first-order valence-electron chi connectivity index (χ1n) is 7.14. The van der Waals surface area contributed by atoms with Crippen molar-refractivity contribution in [2.24, 2.45) is 0 Å². The standard InChI is InChI=1S/C14H21N5O/c1-11-12(9-15)14(16)19(17-11)10-13(20)18-7-5-3-2-4-6-8-18/h2-8,10,16H2,1H3. The first-order chi connectivity index (χ1) is 9.63. The van der Waals surface area contributed by atoms with E-state index in [0.717, 1.165) is 25.9 Å². The van der Waals surface area contributed by atoms with E-state index in [1.165, 1.54) is 23.9 Å². The van der Waals surface area contributed by atoms with Crippen molar-refractivity contribution in [1.82, 2.24) is 14.7 Å². The van der Waals surface area contributed by atoms with E-state index in [0.29, 0.717) is 11.3 Å². The van der Waals surface area contributed by atoms with E-state index in [2.05, 4.69) is 5.10 Å². The Morgan fingerprint density at radius 1 is 1.30 bits per heavy atom. The summed E-state index contributed by atoms with van der Waals surface area (Å²) in [6.45, 7) is 3.47. The number of hydrogen-bond acceptors (Lipinski definition) is 4. The minimum absolute atomic E-state index is 0.0330. The molecule has 2 heterocycles. The number of anilines is 1. The zero-order valence-electron chi connectivity index (χ0n) is 11.9. The molecule has 2 N–H and O–H groups in total. The molecule has 20 heavy (non-hydrogen) atoms. The third-order valence-corrected chi connectivity index (χ3v) is 3.77. The van der Waals surface area contributed by atoms with Crippen molar-refractivity contribution < 1.29 is 4.79 Å². The van der Waals surface area contributed by atoms with Crippen molar-refractivity contribution in [3.05, 3.63) is 11.3 Å². The van der Waals surface area contributed by atoms with Gasteiger partial charge < -0.3 is 10.6 Å². The molecule has 1 fully saturated rings. The van der Waals surface area contributed by atoms with Gasteiger partial charge in [-0.05, 0) is 19.8 Å². The maximum absolute atomic E-state index is 12.3. The van der Waals surface area contributed by atoms with Crippen molar-refractivity contribution in [1.29, 1.82) is 5.26 Å². The lowest BCUT2D eigenvalue weighted by Gasteiger charge is -2.24. The largest absolute Gasteiger partial charge is 0.383 e. The molecule has 1 aliphatic rings. The summed E-state index contributed by atoms with van der Waals surface area (Å²) in [7, 11) is 0. The Bertz CT molecular complexity index is 520. The van der Waals surface area contributed by atoms with Gasteiger partial charge in [0.2, 0.25) is 5.91 Å². The molecule has 0 bridgehead atoms. The Kier molecular flexibility index (Phi) is 4.61. The Morgan fingerprint density at radius 2 is 1.90 bits per heavy atom. The average Bonchev–Trinajstić information content (AvgIpc) is 2.63. The van der Waals surface area contributed by atoms with Crippen LogP contribution in [0.15, 0.2) is 0 Å². The lowest BCUT2D eigenvalue weighted by atomic mass is 10.1. The van der Waals surface area contributed by atoms with Gasteiger partial charge in [0.05, 0.1) is 5.69 Å². The van der Waals surface area contributed by atoms with E-state index in [1.54, 1.807) is 6.92 Å². The molecule has 0 spiro atoms. The fourth-order valence-electron chi connectivity index (χ4n) is 2.58. The fourth-order valence-corrected chi connectivity index (χ4v) is 2.58. The van der Waals surface area contributed by atoms with Crippen LogP contribution in [0.2, 0.25) is 0 Å². The zero-order valence-corrected chi connectivity index (χ0v) is 11.9. The van der Waals surface area contributed by atoms with E-state index >= 15 is 0 Å². The summed E-state index contributed by atoms with van der Waals surface area (Å²) < 4.78 is 1.44. The lowest BCUT2D eigenvalue weighted by molar-refractivity contribution is -0.132. The predicted molar refractivity (Wildman–Crippen MR) is 75.8 cm³/mol. The van der Waals surface area contributed by atoms with E-state index in [4.69, 9.17) is 11.0 Å². The van der Waals surface area contributed by atoms with Crippen molar-refractivity contribution in [3.63, 3.8) is 0 Å². The molecule has 6 heteroatoms. The van der Waals surface area contributed by atoms with E-state index in [1.807, 2.05) is 11.0 Å². The molecule has 1 aromatic rings. The Hall–Kier alpha value is -2.03. The summed E-state index contributed by atoms with van der Waals surface area (Å²) in [6, 6.07) is 2.02. The number of amides is 1. The molecule has 6 nitrogen and oxygen atoms in total. The molecule has 1 aliphatic heterocycles. The molecule has 0 saturated carbocycles. The Balaban J connectivity index is 2.05. The minimum atomic E-state index is 0.0330. The number of nitrogen functional groups attached to an aromatic ring is 1. The number of aromatic nitrogens is 2. The third-order valence-electron chi connectivity index (χ3n) is 3.77. The average molecular weight is 275 g/mol. The lowest BCUT2D eigenvalue weighted by Crippen LogP contribution is -2.36. The van der Waals surface area contributed by atoms with Crippen LogP contribution in [0.25, 0.3) is 0 Å². The summed E-state index contributed by atoms with van der Waals surface area (Å²) >= 11 is 0. The van der Waals surface area contributed by atoms with Crippen molar-refractivity contribution in [2.45, 2.75) is 45.6 Å². The number of likely N-dealkylation sites (tertiary alicyclic amines) is 1. The number of nitrogens with zero attached hydrogens (tertiary/aromatic N) is 4. The molecule has 108 valence electrons. The van der Waals surface area contributed by atoms with Gasteiger partial charge in [-0.25, -0.2) is 4.68 Å². The van der Waals surface area contributed by atoms with Gasteiger partial charge in [0.15, 0.2) is 0 Å². The number of carbonyl (C=O) groups excluding carboxylic acids is 1. The predicted octanol–water partition coefficient (Wildman–Crippen LogP) is 1.44. The normalized spacial score (nSPS) is 16.3. The highest BCUT2D eigenvalue weighted by Gasteiger charge is 2.19. The van der Waals surface area contributed by atoms with Crippen molar-refractivity contribution in [3.8, 4) is 6.07 Å². The highest BCUT2D eigenvalue weighted by molar-refractivity contribution is 5.76. The van der Waals surface area contributed by atoms with Crippen LogP contribution in [-0.4, -0.2) is 33.7 Å². The van der Waals surface area contributed by atoms with Crippen LogP contribution in [0.3, 0.4) is 0 Å². The second-order valence-corrected chi connectivity index (χ2v) is 5.26. The van der Waals surface area contributed by atoms with E-state index in [-0.39, 0.29) is 18.3 Å². The molecule has 0 radical (unpaired) electrons. The van der Waals surface area contributed by atoms with Crippen LogP contribution in [0, 0.1) is 18.3 Å². The van der Waals surface area contributed by atoms with Crippen molar-refractivity contribution in [2.75, 3.05) is 18.8 Å². The maximum atomic E-state index is 12.3. The quantitative estimate of drug-likeness (QED) is 0.884. The summed E-state index contributed by atoms with van der Waals surface area (Å²) in [5, 5.41) is 13.2. The molecule has 0 atom stereocenters. The van der Waals surface area contributed by atoms with Gasteiger partial charge in [-0.3, -0.25) is 4.79 Å². The maximum Gasteiger partial charge on any atom is 0.244 e. The summed E-state index contributed by atoms with van der Waals surface area (Å²) in [5.74, 6) is 0.316. The monoisotopic (exact) mass is 275 g/mol. The number of rotatable bonds is 2. The van der Waals surface area contributed by atoms with Gasteiger partial charge in [-0.1, -0.05) is 19.3 Å². The molecule has 1 aromatic heterocycles. The number of carbonyl (C=O) groups is 1. The van der Waals surface area contributed by atoms with Gasteiger partial charge in [-0.2, -0.15) is 10.4 Å². The SMILES string of the molecule is Cc1nn(CC(=O)N2CCCCCCC2)c(N)c1C#N. The molecule has 2 rings (SSSR count). The summed E-state index contributed by atoms with van der Waals surface area (Å²) in [6.07, 6.45) is 5.75. The van der Waals surface area contributed by atoms with Crippen molar-refractivity contribution >= 4 is 11.7 Å². The number of nitriles is 1. The van der Waals surface area contributed by atoms with Gasteiger partial charge in [0, 0.05) is 13.1 Å². The number of aryl methyl sites for hydroxylation is 1. The molecule has 1 saturated heterocycles. The van der Waals surface area contributed by atoms with Crippen LogP contribution in [0.4, 0.5) is 5.82 Å². The zero-order chi connectivity index (χ0) is 14.5. The highest BCUT2D eigenvalue weighted by atomic mass is 16.2. The van der Waals surface area contributed by atoms with Crippen LogP contribution in [-0.2, 0) is 11.3 Å². The van der Waals surface area contributed by atoms with Gasteiger partial charge in [0.1, 0.15) is 24.0 Å². The second kappa shape index (κ2) is 6.42. The van der Waals surface area contributed by atoms with Crippen LogP contribution in [0.5, 0.6) is 0 Å². The van der Waals surface area contributed by atoms with Crippen LogP contribution in [0.1, 0.15) is 43.4 Å². The second-order valence-electron chi connectivity index (χ2n) is 5.26. The van der Waals surface area contributed by atoms with Gasteiger partial charge in [0.25, 0.3) is 0 Å². The van der Waals surface area contributed by atoms with E-state index < -0.39 is 0 Å². The Labute approximate surface area is 119 Å². The smallest absolute Gasteiger partial charge is 0.244 e. The third kappa shape index (κ3) is 3.10. The minimum Gasteiger partial charge on any atom is -0.383 e. The molecule has 1 amide bonds. The van der Waals surface area contributed by atoms with E-state index in [9.17, 15) is 4.79 Å². The molecule has 0 aromatic carbocycles. The van der Waals surface area contributed by atoms with Crippen LogP contribution >= 0.6 is 0 Å². The highest BCUT2D eigenvalue weighted by Crippen LogP contribution is 2.16. The summed E-state index contributed by atoms with van der Waals surface area (Å²) in [4.78, 5) is 14.2. The first kappa shape index (κ1) is 14.4. The molecule has 0 aliphatic carbocycles. The molecular formula is C14H21N5O. The topological polar surface area (TPSA) is 87.9 Å². The first-order valence-corrected chi connectivity index (χ1v) is 7.14.